The fourth-order valence-corrected chi connectivity index (χ4v) is 1.77. The lowest BCUT2D eigenvalue weighted by Gasteiger charge is -2.13. The summed E-state index contributed by atoms with van der Waals surface area (Å²) in [6.07, 6.45) is -3.31. The number of nitrogens with zero attached hydrogens (tertiary/aromatic N) is 1. The van der Waals surface area contributed by atoms with E-state index in [0.717, 1.165) is 4.90 Å². The first kappa shape index (κ1) is 12.5. The molecule has 0 bridgehead atoms. The average molecular weight is 251 g/mol. The SMILES string of the molecule is COc1ccc(CN2C(=O)[C@@H](O)[C@H](O)C2=O)cc1. The number of carbonyl (C=O) groups excluding carboxylic acids is 2. The summed E-state index contributed by atoms with van der Waals surface area (Å²) in [6, 6.07) is 6.81. The van der Waals surface area contributed by atoms with Gasteiger partial charge in [-0.25, -0.2) is 0 Å². The van der Waals surface area contributed by atoms with E-state index in [4.69, 9.17) is 4.74 Å². The van der Waals surface area contributed by atoms with Crippen molar-refractivity contribution in [1.29, 1.82) is 0 Å². The molecule has 0 radical (unpaired) electrons. The van der Waals surface area contributed by atoms with Crippen molar-refractivity contribution in [3.63, 3.8) is 0 Å². The normalized spacial score (nSPS) is 23.6. The number of benzene rings is 1. The van der Waals surface area contributed by atoms with Crippen molar-refractivity contribution in [2.45, 2.75) is 18.8 Å². The molecule has 2 amide bonds. The molecule has 2 atom stereocenters. The first-order chi connectivity index (χ1) is 8.54. The van der Waals surface area contributed by atoms with Gasteiger partial charge < -0.3 is 14.9 Å². The van der Waals surface area contributed by atoms with E-state index in [2.05, 4.69) is 0 Å². The number of aliphatic hydroxyl groups excluding tert-OH is 2. The highest BCUT2D eigenvalue weighted by Crippen LogP contribution is 2.18. The predicted octanol–water partition coefficient (Wildman–Crippen LogP) is -0.714. The molecule has 1 aliphatic rings. The van der Waals surface area contributed by atoms with E-state index in [0.29, 0.717) is 11.3 Å². The number of methoxy groups -OCH3 is 1. The summed E-state index contributed by atoms with van der Waals surface area (Å²) in [6.45, 7) is 0.0236. The largest absolute Gasteiger partial charge is 0.497 e. The number of likely N-dealkylation sites (tertiary alicyclic amines) is 1. The van der Waals surface area contributed by atoms with Crippen LogP contribution in [0, 0.1) is 0 Å². The highest BCUT2D eigenvalue weighted by molar-refractivity contribution is 6.07. The van der Waals surface area contributed by atoms with Crippen LogP contribution in [0.2, 0.25) is 0 Å². The van der Waals surface area contributed by atoms with Gasteiger partial charge in [-0.1, -0.05) is 12.1 Å². The third-order valence-corrected chi connectivity index (χ3v) is 2.84. The van der Waals surface area contributed by atoms with Crippen molar-refractivity contribution < 1.29 is 24.5 Å². The average Bonchev–Trinajstić information content (AvgIpc) is 2.57. The molecule has 0 spiro atoms. The highest BCUT2D eigenvalue weighted by atomic mass is 16.5. The third kappa shape index (κ3) is 2.07. The van der Waals surface area contributed by atoms with Gasteiger partial charge in [0.15, 0.2) is 12.2 Å². The third-order valence-electron chi connectivity index (χ3n) is 2.84. The Morgan fingerprint density at radius 1 is 1.11 bits per heavy atom. The molecule has 6 heteroatoms. The zero-order valence-corrected chi connectivity index (χ0v) is 9.74. The lowest BCUT2D eigenvalue weighted by Crippen LogP contribution is -2.31. The molecule has 1 aromatic rings. The first-order valence-corrected chi connectivity index (χ1v) is 5.39. The maximum Gasteiger partial charge on any atom is 0.261 e. The van der Waals surface area contributed by atoms with Crippen LogP contribution in [-0.2, 0) is 16.1 Å². The van der Waals surface area contributed by atoms with Crippen LogP contribution in [-0.4, -0.2) is 46.2 Å². The summed E-state index contributed by atoms with van der Waals surface area (Å²) in [5.74, 6) is -0.885. The quantitative estimate of drug-likeness (QED) is 0.693. The second kappa shape index (κ2) is 4.75. The maximum absolute atomic E-state index is 11.5. The van der Waals surface area contributed by atoms with Crippen molar-refractivity contribution in [2.75, 3.05) is 7.11 Å². The van der Waals surface area contributed by atoms with Gasteiger partial charge in [-0.2, -0.15) is 0 Å². The molecular formula is C12H13NO5. The highest BCUT2D eigenvalue weighted by Gasteiger charge is 2.45. The Morgan fingerprint density at radius 3 is 2.06 bits per heavy atom. The molecule has 0 aromatic heterocycles. The van der Waals surface area contributed by atoms with Crippen molar-refractivity contribution in [2.24, 2.45) is 0 Å². The molecule has 2 rings (SSSR count). The Kier molecular flexibility index (Phi) is 3.31. The molecule has 1 aliphatic heterocycles. The number of carbonyl (C=O) groups is 2. The van der Waals surface area contributed by atoms with Gasteiger partial charge in [-0.15, -0.1) is 0 Å². The summed E-state index contributed by atoms with van der Waals surface area (Å²) in [5, 5.41) is 18.6. The molecule has 18 heavy (non-hydrogen) atoms. The zero-order valence-electron chi connectivity index (χ0n) is 9.74. The Morgan fingerprint density at radius 2 is 1.61 bits per heavy atom. The van der Waals surface area contributed by atoms with Gasteiger partial charge in [0.25, 0.3) is 11.8 Å². The van der Waals surface area contributed by atoms with Crippen LogP contribution in [0.25, 0.3) is 0 Å². The topological polar surface area (TPSA) is 87.1 Å². The van der Waals surface area contributed by atoms with Crippen molar-refractivity contribution in [1.82, 2.24) is 4.90 Å². The number of rotatable bonds is 3. The predicted molar refractivity (Wildman–Crippen MR) is 60.6 cm³/mol. The second-order valence-corrected chi connectivity index (χ2v) is 4.00. The van der Waals surface area contributed by atoms with Crippen LogP contribution in [0.5, 0.6) is 5.75 Å². The summed E-state index contributed by atoms with van der Waals surface area (Å²) >= 11 is 0. The minimum absolute atomic E-state index is 0.0236. The molecule has 0 aliphatic carbocycles. The van der Waals surface area contributed by atoms with E-state index in [-0.39, 0.29) is 6.54 Å². The molecule has 0 unspecified atom stereocenters. The van der Waals surface area contributed by atoms with E-state index < -0.39 is 24.0 Å². The number of ether oxygens (including phenoxy) is 1. The van der Waals surface area contributed by atoms with E-state index in [1.54, 1.807) is 24.3 Å². The summed E-state index contributed by atoms with van der Waals surface area (Å²) in [4.78, 5) is 23.9. The van der Waals surface area contributed by atoms with Crippen molar-refractivity contribution >= 4 is 11.8 Å². The lowest BCUT2D eigenvalue weighted by molar-refractivity contribution is -0.142. The van der Waals surface area contributed by atoms with Crippen LogP contribution >= 0.6 is 0 Å². The molecule has 0 saturated carbocycles. The molecule has 1 heterocycles. The van der Waals surface area contributed by atoms with E-state index in [9.17, 15) is 19.8 Å². The minimum Gasteiger partial charge on any atom is -0.497 e. The van der Waals surface area contributed by atoms with Crippen LogP contribution < -0.4 is 4.74 Å². The van der Waals surface area contributed by atoms with Crippen molar-refractivity contribution in [3.8, 4) is 5.75 Å². The smallest absolute Gasteiger partial charge is 0.261 e. The monoisotopic (exact) mass is 251 g/mol. The Hall–Kier alpha value is -1.92. The molecule has 2 N–H and O–H groups in total. The van der Waals surface area contributed by atoms with E-state index in [1.807, 2.05) is 0 Å². The van der Waals surface area contributed by atoms with Gasteiger partial charge in [0.05, 0.1) is 13.7 Å². The first-order valence-electron chi connectivity index (χ1n) is 5.39. The number of hydrogen-bond donors (Lipinski definition) is 2. The number of amides is 2. The molecule has 6 nitrogen and oxygen atoms in total. The van der Waals surface area contributed by atoms with E-state index >= 15 is 0 Å². The van der Waals surface area contributed by atoms with Gasteiger partial charge in [-0.3, -0.25) is 14.5 Å². The zero-order chi connectivity index (χ0) is 13.3. The minimum atomic E-state index is -1.66. The molecule has 1 saturated heterocycles. The standard InChI is InChI=1S/C12H13NO5/c1-18-8-4-2-7(3-5-8)6-13-11(16)9(14)10(15)12(13)17/h2-5,9-10,14-15H,6H2,1H3/t9-,10-/m0/s1. The Balaban J connectivity index is 2.13. The van der Waals surface area contributed by atoms with E-state index in [1.165, 1.54) is 7.11 Å². The summed E-state index contributed by atoms with van der Waals surface area (Å²) in [7, 11) is 1.54. The lowest BCUT2D eigenvalue weighted by atomic mass is 10.2. The summed E-state index contributed by atoms with van der Waals surface area (Å²) < 4.78 is 4.99. The van der Waals surface area contributed by atoms with Gasteiger partial charge in [0.1, 0.15) is 5.75 Å². The fraction of sp³-hybridized carbons (Fsp3) is 0.333. The molecule has 96 valence electrons. The number of hydrogen-bond acceptors (Lipinski definition) is 5. The Bertz CT molecular complexity index is 450. The molecule has 1 fully saturated rings. The van der Waals surface area contributed by atoms with Crippen LogP contribution in [0.1, 0.15) is 5.56 Å². The van der Waals surface area contributed by atoms with Crippen LogP contribution in [0.4, 0.5) is 0 Å². The van der Waals surface area contributed by atoms with Gasteiger partial charge >= 0.3 is 0 Å². The number of imide groups is 1. The van der Waals surface area contributed by atoms with Gasteiger partial charge in [-0.05, 0) is 17.7 Å². The fourth-order valence-electron chi connectivity index (χ4n) is 1.77. The molecule has 1 aromatic carbocycles. The number of aliphatic hydroxyl groups is 2. The maximum atomic E-state index is 11.5. The van der Waals surface area contributed by atoms with Crippen molar-refractivity contribution in [3.05, 3.63) is 29.8 Å². The van der Waals surface area contributed by atoms with Crippen LogP contribution in [0.3, 0.4) is 0 Å². The van der Waals surface area contributed by atoms with Gasteiger partial charge in [0, 0.05) is 0 Å². The Labute approximate surface area is 103 Å². The second-order valence-electron chi connectivity index (χ2n) is 4.00. The van der Waals surface area contributed by atoms with Crippen LogP contribution in [0.15, 0.2) is 24.3 Å². The summed E-state index contributed by atoms with van der Waals surface area (Å²) in [5.41, 5.74) is 0.707. The van der Waals surface area contributed by atoms with Gasteiger partial charge in [0.2, 0.25) is 0 Å². The molecular weight excluding hydrogens is 238 g/mol.